The first-order chi connectivity index (χ1) is 15.1. The van der Waals surface area contributed by atoms with Gasteiger partial charge in [-0.25, -0.2) is 4.99 Å². The van der Waals surface area contributed by atoms with Gasteiger partial charge in [0.15, 0.2) is 0 Å². The lowest BCUT2D eigenvalue weighted by molar-refractivity contribution is 0.482. The predicted molar refractivity (Wildman–Crippen MR) is 132 cm³/mol. The zero-order valence-corrected chi connectivity index (χ0v) is 18.0. The number of allylic oxidation sites excluding steroid dienone is 3. The van der Waals surface area contributed by atoms with E-state index in [9.17, 15) is 0 Å². The Kier molecular flexibility index (Phi) is 6.34. The Morgan fingerprint density at radius 3 is 2.58 bits per heavy atom. The van der Waals surface area contributed by atoms with Crippen LogP contribution in [0.1, 0.15) is 24.6 Å². The lowest BCUT2D eigenvalue weighted by Gasteiger charge is -2.11. The Morgan fingerprint density at radius 2 is 1.84 bits per heavy atom. The van der Waals surface area contributed by atoms with E-state index in [0.717, 1.165) is 46.2 Å². The molecule has 2 aromatic carbocycles. The van der Waals surface area contributed by atoms with Crippen molar-refractivity contribution in [3.05, 3.63) is 108 Å². The second kappa shape index (κ2) is 9.50. The van der Waals surface area contributed by atoms with Gasteiger partial charge in [-0.15, -0.1) is 0 Å². The molecule has 0 amide bonds. The second-order valence-corrected chi connectivity index (χ2v) is 7.56. The lowest BCUT2D eigenvalue weighted by Crippen LogP contribution is -2.05. The Labute approximate surface area is 184 Å². The summed E-state index contributed by atoms with van der Waals surface area (Å²) in [5.74, 6) is 1.63. The maximum absolute atomic E-state index is 5.94. The van der Waals surface area contributed by atoms with Crippen molar-refractivity contribution < 1.29 is 4.74 Å². The van der Waals surface area contributed by atoms with E-state index in [4.69, 9.17) is 15.5 Å². The van der Waals surface area contributed by atoms with Gasteiger partial charge in [0.25, 0.3) is 0 Å². The van der Waals surface area contributed by atoms with Crippen molar-refractivity contribution in [3.63, 3.8) is 0 Å². The van der Waals surface area contributed by atoms with Crippen molar-refractivity contribution in [1.29, 1.82) is 0 Å². The molecule has 31 heavy (non-hydrogen) atoms. The number of nitrogens with zero attached hydrogens (tertiary/aromatic N) is 2. The lowest BCUT2D eigenvalue weighted by atomic mass is 10.0. The number of nitrogens with two attached hydrogens (primary N) is 1. The average molecular weight is 407 g/mol. The van der Waals surface area contributed by atoms with Crippen molar-refractivity contribution in [2.75, 3.05) is 6.54 Å². The molecule has 2 heterocycles. The molecule has 0 unspecified atom stereocenters. The highest BCUT2D eigenvalue weighted by Crippen LogP contribution is 2.31. The van der Waals surface area contributed by atoms with Crippen LogP contribution >= 0.6 is 0 Å². The van der Waals surface area contributed by atoms with Gasteiger partial charge >= 0.3 is 0 Å². The van der Waals surface area contributed by atoms with Gasteiger partial charge in [0, 0.05) is 11.3 Å². The summed E-state index contributed by atoms with van der Waals surface area (Å²) in [7, 11) is 2.05. The maximum atomic E-state index is 5.94. The average Bonchev–Trinajstić information content (AvgIpc) is 3.37. The second-order valence-electron chi connectivity index (χ2n) is 7.56. The fourth-order valence-corrected chi connectivity index (χ4v) is 3.71. The Morgan fingerprint density at radius 1 is 1.03 bits per heavy atom. The first-order valence-corrected chi connectivity index (χ1v) is 10.5. The minimum Gasteiger partial charge on any atom is -0.457 e. The monoisotopic (exact) mass is 407 g/mol. The molecule has 0 atom stereocenters. The first kappa shape index (κ1) is 20.7. The van der Waals surface area contributed by atoms with Gasteiger partial charge in [-0.3, -0.25) is 0 Å². The van der Waals surface area contributed by atoms with Crippen molar-refractivity contribution in [2.45, 2.75) is 13.3 Å². The minimum atomic E-state index is 0.589. The highest BCUT2D eigenvalue weighted by Gasteiger charge is 2.16. The number of ether oxygens (including phenoxy) is 1. The van der Waals surface area contributed by atoms with E-state index in [0.29, 0.717) is 6.54 Å². The quantitative estimate of drug-likeness (QED) is 0.570. The van der Waals surface area contributed by atoms with Crippen molar-refractivity contribution in [3.8, 4) is 11.5 Å². The molecule has 4 nitrogen and oxygen atoms in total. The highest BCUT2D eigenvalue weighted by molar-refractivity contribution is 6.11. The molecule has 154 valence electrons. The van der Waals surface area contributed by atoms with E-state index >= 15 is 0 Å². The molecule has 4 rings (SSSR count). The summed E-state index contributed by atoms with van der Waals surface area (Å²) in [5, 5.41) is 0. The molecule has 2 N–H and O–H groups in total. The van der Waals surface area contributed by atoms with Crippen LogP contribution in [0.5, 0.6) is 11.5 Å². The van der Waals surface area contributed by atoms with Crippen LogP contribution in [0.3, 0.4) is 0 Å². The number of hydrogen-bond donors (Lipinski definition) is 1. The van der Waals surface area contributed by atoms with Gasteiger partial charge in [0.05, 0.1) is 11.4 Å². The fraction of sp³-hybridized carbons (Fsp3) is 0.115. The summed E-state index contributed by atoms with van der Waals surface area (Å²) in [5.41, 5.74) is 12.4. The predicted octanol–water partition coefficient (Wildman–Crippen LogP) is 4.85. The zero-order chi connectivity index (χ0) is 21.6. The van der Waals surface area contributed by atoms with Crippen LogP contribution in [0.2, 0.25) is 0 Å². The number of benzene rings is 2. The molecule has 0 saturated heterocycles. The van der Waals surface area contributed by atoms with Crippen molar-refractivity contribution in [1.82, 2.24) is 4.48 Å². The normalized spacial score (nSPS) is 15.2. The number of hydrogen-bond acceptors (Lipinski definition) is 3. The number of para-hydroxylation sites is 1. The van der Waals surface area contributed by atoms with Crippen LogP contribution in [0, 0.1) is 0 Å². The summed E-state index contributed by atoms with van der Waals surface area (Å²) in [6.07, 6.45) is 9.07. The molecule has 1 aromatic heterocycles. The molecular formula is C26H26BN3O. The van der Waals surface area contributed by atoms with Gasteiger partial charge in [-0.1, -0.05) is 36.4 Å². The van der Waals surface area contributed by atoms with Crippen LogP contribution in [-0.4, -0.2) is 24.7 Å². The van der Waals surface area contributed by atoms with Gasteiger partial charge in [-0.05, 0) is 85.8 Å². The van der Waals surface area contributed by atoms with Crippen LogP contribution in [0.25, 0.3) is 11.6 Å². The Balaban J connectivity index is 1.57. The molecule has 0 spiro atoms. The van der Waals surface area contributed by atoms with Gasteiger partial charge in [0.2, 0.25) is 7.98 Å². The Bertz CT molecular complexity index is 1190. The molecule has 0 bridgehead atoms. The third-order valence-electron chi connectivity index (χ3n) is 5.20. The van der Waals surface area contributed by atoms with E-state index in [-0.39, 0.29) is 0 Å². The summed E-state index contributed by atoms with van der Waals surface area (Å²) >= 11 is 0. The third-order valence-corrected chi connectivity index (χ3v) is 5.20. The van der Waals surface area contributed by atoms with E-state index in [1.807, 2.05) is 54.6 Å². The molecule has 1 aliphatic rings. The van der Waals surface area contributed by atoms with Crippen molar-refractivity contribution in [2.24, 2.45) is 10.7 Å². The SMILES string of the molecule is Bn1cccc1/C(CCN)=C1N=C(/C=C/c2cccc(Oc3ccccc3)c2)C=C\1C. The standard InChI is InChI=1S/C26H26BN3O/c1-19-17-21(29-26(19)24(14-15-28)25-11-6-16-30(25)27)13-12-20-7-5-10-23(18-20)31-22-8-3-2-4-9-22/h2-13,16-18H,14-15,27-28H2,1H3/b13-12+,26-24-. The molecule has 0 saturated carbocycles. The number of rotatable bonds is 7. The maximum Gasteiger partial charge on any atom is 0.223 e. The van der Waals surface area contributed by atoms with E-state index < -0.39 is 0 Å². The largest absolute Gasteiger partial charge is 0.457 e. The summed E-state index contributed by atoms with van der Waals surface area (Å²) in [6, 6.07) is 22.0. The van der Waals surface area contributed by atoms with Gasteiger partial charge in [0.1, 0.15) is 11.5 Å². The summed E-state index contributed by atoms with van der Waals surface area (Å²) in [4.78, 5) is 4.91. The van der Waals surface area contributed by atoms with Crippen LogP contribution in [0.4, 0.5) is 0 Å². The fourth-order valence-electron chi connectivity index (χ4n) is 3.71. The molecule has 5 heteroatoms. The van der Waals surface area contributed by atoms with Crippen LogP contribution < -0.4 is 10.5 Å². The van der Waals surface area contributed by atoms with Crippen LogP contribution in [-0.2, 0) is 0 Å². The third kappa shape index (κ3) is 4.96. The topological polar surface area (TPSA) is 52.5 Å². The number of aliphatic imine (C=N–C) groups is 1. The summed E-state index contributed by atoms with van der Waals surface area (Å²) < 4.78 is 8.06. The zero-order valence-electron chi connectivity index (χ0n) is 18.0. The molecule has 0 fully saturated rings. The minimum absolute atomic E-state index is 0.589. The molecule has 1 aliphatic heterocycles. The van der Waals surface area contributed by atoms with E-state index in [2.05, 4.69) is 55.9 Å². The van der Waals surface area contributed by atoms with Gasteiger partial charge < -0.3 is 14.9 Å². The van der Waals surface area contributed by atoms with Crippen molar-refractivity contribution >= 4 is 25.3 Å². The Hall–Kier alpha value is -3.57. The van der Waals surface area contributed by atoms with E-state index in [1.165, 1.54) is 5.57 Å². The first-order valence-electron chi connectivity index (χ1n) is 10.5. The summed E-state index contributed by atoms with van der Waals surface area (Å²) in [6.45, 7) is 2.69. The molecule has 0 radical (unpaired) electrons. The van der Waals surface area contributed by atoms with Crippen LogP contribution in [0.15, 0.2) is 101 Å². The molecule has 0 aliphatic carbocycles. The number of aromatic nitrogens is 1. The van der Waals surface area contributed by atoms with E-state index in [1.54, 1.807) is 0 Å². The molecule has 3 aromatic rings. The molecular weight excluding hydrogens is 381 g/mol. The smallest absolute Gasteiger partial charge is 0.223 e. The highest BCUT2D eigenvalue weighted by atomic mass is 16.5. The van der Waals surface area contributed by atoms with Gasteiger partial charge in [-0.2, -0.15) is 0 Å².